The van der Waals surface area contributed by atoms with E-state index in [9.17, 15) is 4.39 Å². The van der Waals surface area contributed by atoms with E-state index in [-0.39, 0.29) is 11.2 Å². The molecule has 1 aromatic rings. The Hall–Kier alpha value is -1.09. The van der Waals surface area contributed by atoms with Gasteiger partial charge < -0.3 is 10.2 Å². The van der Waals surface area contributed by atoms with Crippen LogP contribution in [0.5, 0.6) is 0 Å². The summed E-state index contributed by atoms with van der Waals surface area (Å²) >= 11 is 0. The van der Waals surface area contributed by atoms with Gasteiger partial charge in [-0.05, 0) is 43.0 Å². The lowest BCUT2D eigenvalue weighted by molar-refractivity contribution is 0.258. The van der Waals surface area contributed by atoms with E-state index in [2.05, 4.69) is 31.0 Å². The average Bonchev–Trinajstić information content (AvgIpc) is 2.43. The van der Waals surface area contributed by atoms with Gasteiger partial charge in [-0.3, -0.25) is 0 Å². The summed E-state index contributed by atoms with van der Waals surface area (Å²) in [4.78, 5) is 2.16. The van der Waals surface area contributed by atoms with Gasteiger partial charge in [-0.2, -0.15) is 0 Å². The van der Waals surface area contributed by atoms with Crippen molar-refractivity contribution < 1.29 is 4.39 Å². The van der Waals surface area contributed by atoms with Crippen LogP contribution >= 0.6 is 0 Å². The Bertz CT molecular complexity index is 375. The number of hydrogen-bond donors (Lipinski definition) is 1. The number of rotatable bonds is 8. The molecule has 0 saturated heterocycles. The van der Waals surface area contributed by atoms with Crippen LogP contribution in [-0.4, -0.2) is 26.7 Å². The predicted molar refractivity (Wildman–Crippen MR) is 81.2 cm³/mol. The monoisotopic (exact) mass is 266 g/mol. The number of hydrogen-bond acceptors (Lipinski definition) is 2. The van der Waals surface area contributed by atoms with Gasteiger partial charge in [0, 0.05) is 25.8 Å². The Morgan fingerprint density at radius 1 is 1.21 bits per heavy atom. The molecule has 2 nitrogen and oxygen atoms in total. The fourth-order valence-electron chi connectivity index (χ4n) is 2.48. The second-order valence-corrected chi connectivity index (χ2v) is 5.32. The molecule has 0 aromatic heterocycles. The largest absolute Gasteiger partial charge is 0.374 e. The molecule has 0 amide bonds. The van der Waals surface area contributed by atoms with Crippen molar-refractivity contribution in [2.24, 2.45) is 5.41 Å². The lowest BCUT2D eigenvalue weighted by atomic mass is 9.81. The summed E-state index contributed by atoms with van der Waals surface area (Å²) in [5.41, 5.74) is 1.19. The SMILES string of the molecule is CCNCC(CC)(CC)CN(C)c1cccc(F)c1. The van der Waals surface area contributed by atoms with Crippen LogP contribution in [0.25, 0.3) is 0 Å². The molecule has 0 atom stereocenters. The molecule has 108 valence electrons. The van der Waals surface area contributed by atoms with Crippen LogP contribution in [-0.2, 0) is 0 Å². The van der Waals surface area contributed by atoms with Gasteiger partial charge in [-0.15, -0.1) is 0 Å². The molecule has 1 N–H and O–H groups in total. The molecule has 0 aliphatic heterocycles. The lowest BCUT2D eigenvalue weighted by Gasteiger charge is -2.37. The molecule has 0 saturated carbocycles. The highest BCUT2D eigenvalue weighted by atomic mass is 19.1. The van der Waals surface area contributed by atoms with Crippen LogP contribution in [0.15, 0.2) is 24.3 Å². The summed E-state index contributed by atoms with van der Waals surface area (Å²) in [6, 6.07) is 6.82. The van der Waals surface area contributed by atoms with Crippen molar-refractivity contribution in [1.82, 2.24) is 5.32 Å². The van der Waals surface area contributed by atoms with Crippen molar-refractivity contribution in [3.8, 4) is 0 Å². The fourth-order valence-corrected chi connectivity index (χ4v) is 2.48. The van der Waals surface area contributed by atoms with E-state index in [4.69, 9.17) is 0 Å². The summed E-state index contributed by atoms with van der Waals surface area (Å²) in [6.45, 7) is 9.55. The minimum atomic E-state index is -0.172. The normalized spacial score (nSPS) is 11.6. The molecular weight excluding hydrogens is 239 g/mol. The van der Waals surface area contributed by atoms with E-state index in [1.165, 1.54) is 6.07 Å². The Balaban J connectivity index is 2.78. The summed E-state index contributed by atoms with van der Waals surface area (Å²) in [5.74, 6) is -0.172. The first-order valence-electron chi connectivity index (χ1n) is 7.24. The van der Waals surface area contributed by atoms with Crippen LogP contribution in [0.2, 0.25) is 0 Å². The minimum Gasteiger partial charge on any atom is -0.374 e. The first-order valence-corrected chi connectivity index (χ1v) is 7.24. The van der Waals surface area contributed by atoms with E-state index in [0.29, 0.717) is 0 Å². The summed E-state index contributed by atoms with van der Waals surface area (Å²) < 4.78 is 13.3. The number of nitrogens with one attached hydrogen (secondary N) is 1. The molecule has 1 rings (SSSR count). The third kappa shape index (κ3) is 4.50. The van der Waals surface area contributed by atoms with Gasteiger partial charge in [-0.1, -0.05) is 26.8 Å². The highest BCUT2D eigenvalue weighted by molar-refractivity contribution is 5.45. The zero-order valence-electron chi connectivity index (χ0n) is 12.7. The molecule has 1 aromatic carbocycles. The average molecular weight is 266 g/mol. The summed E-state index contributed by atoms with van der Waals surface area (Å²) in [6.07, 6.45) is 2.24. The molecule has 0 unspecified atom stereocenters. The van der Waals surface area contributed by atoms with Gasteiger partial charge in [0.2, 0.25) is 0 Å². The highest BCUT2D eigenvalue weighted by Gasteiger charge is 2.27. The third-order valence-electron chi connectivity index (χ3n) is 4.07. The third-order valence-corrected chi connectivity index (χ3v) is 4.07. The molecular formula is C16H27FN2. The van der Waals surface area contributed by atoms with E-state index in [0.717, 1.165) is 38.2 Å². The maximum atomic E-state index is 13.3. The van der Waals surface area contributed by atoms with Crippen molar-refractivity contribution in [1.29, 1.82) is 0 Å². The summed E-state index contributed by atoms with van der Waals surface area (Å²) in [7, 11) is 2.04. The lowest BCUT2D eigenvalue weighted by Crippen LogP contribution is -2.42. The molecule has 0 aliphatic carbocycles. The maximum Gasteiger partial charge on any atom is 0.125 e. The van der Waals surface area contributed by atoms with Gasteiger partial charge in [0.15, 0.2) is 0 Å². The Morgan fingerprint density at radius 2 is 1.89 bits per heavy atom. The minimum absolute atomic E-state index is 0.172. The van der Waals surface area contributed by atoms with Crippen LogP contribution in [0.4, 0.5) is 10.1 Å². The van der Waals surface area contributed by atoms with Gasteiger partial charge in [-0.25, -0.2) is 4.39 Å². The van der Waals surface area contributed by atoms with E-state index in [1.54, 1.807) is 12.1 Å². The van der Waals surface area contributed by atoms with Crippen LogP contribution < -0.4 is 10.2 Å². The fraction of sp³-hybridized carbons (Fsp3) is 0.625. The Morgan fingerprint density at radius 3 is 2.42 bits per heavy atom. The quantitative estimate of drug-likeness (QED) is 0.772. The molecule has 0 radical (unpaired) electrons. The smallest absolute Gasteiger partial charge is 0.125 e. The van der Waals surface area contributed by atoms with E-state index >= 15 is 0 Å². The van der Waals surface area contributed by atoms with Crippen LogP contribution in [0.3, 0.4) is 0 Å². The molecule has 0 fully saturated rings. The number of benzene rings is 1. The van der Waals surface area contributed by atoms with Crippen molar-refractivity contribution in [2.45, 2.75) is 33.6 Å². The number of anilines is 1. The van der Waals surface area contributed by atoms with Gasteiger partial charge >= 0.3 is 0 Å². The van der Waals surface area contributed by atoms with Crippen molar-refractivity contribution in [2.75, 3.05) is 31.6 Å². The summed E-state index contributed by atoms with van der Waals surface area (Å²) in [5, 5.41) is 3.46. The predicted octanol–water partition coefficient (Wildman–Crippen LogP) is 3.68. The van der Waals surface area contributed by atoms with Crippen molar-refractivity contribution in [3.63, 3.8) is 0 Å². The molecule has 19 heavy (non-hydrogen) atoms. The van der Waals surface area contributed by atoms with Gasteiger partial charge in [0.25, 0.3) is 0 Å². The maximum absolute atomic E-state index is 13.3. The highest BCUT2D eigenvalue weighted by Crippen LogP contribution is 2.28. The van der Waals surface area contributed by atoms with Crippen LogP contribution in [0.1, 0.15) is 33.6 Å². The molecule has 0 heterocycles. The van der Waals surface area contributed by atoms with Gasteiger partial charge in [0.1, 0.15) is 5.82 Å². The van der Waals surface area contributed by atoms with Crippen LogP contribution in [0, 0.1) is 11.2 Å². The second kappa shape index (κ2) is 7.49. The Kier molecular flexibility index (Phi) is 6.29. The molecule has 0 aliphatic rings. The zero-order chi connectivity index (χ0) is 14.3. The molecule has 0 spiro atoms. The van der Waals surface area contributed by atoms with E-state index in [1.807, 2.05) is 13.1 Å². The van der Waals surface area contributed by atoms with Crippen molar-refractivity contribution >= 4 is 5.69 Å². The number of halogens is 1. The zero-order valence-corrected chi connectivity index (χ0v) is 12.7. The Labute approximate surface area is 117 Å². The standard InChI is InChI=1S/C16H27FN2/c1-5-16(6-2,12-18-7-3)13-19(4)15-10-8-9-14(17)11-15/h8-11,18H,5-7,12-13H2,1-4H3. The van der Waals surface area contributed by atoms with Crippen molar-refractivity contribution in [3.05, 3.63) is 30.1 Å². The van der Waals surface area contributed by atoms with Gasteiger partial charge in [0.05, 0.1) is 0 Å². The molecule has 0 bridgehead atoms. The first-order chi connectivity index (χ1) is 9.06. The second-order valence-electron chi connectivity index (χ2n) is 5.32. The molecule has 3 heteroatoms. The topological polar surface area (TPSA) is 15.3 Å². The number of nitrogens with zero attached hydrogens (tertiary/aromatic N) is 1. The first kappa shape index (κ1) is 16.0. The van der Waals surface area contributed by atoms with E-state index < -0.39 is 0 Å².